The largest absolute Gasteiger partial charge is 0.312 e. The van der Waals surface area contributed by atoms with Gasteiger partial charge in [0.15, 0.2) is 0 Å². The van der Waals surface area contributed by atoms with E-state index in [0.29, 0.717) is 29.6 Å². The van der Waals surface area contributed by atoms with Crippen LogP contribution in [0.5, 0.6) is 0 Å². The summed E-state index contributed by atoms with van der Waals surface area (Å²) in [4.78, 5) is 0. The van der Waals surface area contributed by atoms with Crippen molar-refractivity contribution in [2.24, 2.45) is 17.3 Å². The molecule has 2 nitrogen and oxygen atoms in total. The second kappa shape index (κ2) is 6.58. The van der Waals surface area contributed by atoms with Gasteiger partial charge in [0.25, 0.3) is 0 Å². The summed E-state index contributed by atoms with van der Waals surface area (Å²) in [6.07, 6.45) is 2.64. The van der Waals surface area contributed by atoms with Crippen LogP contribution in [0.2, 0.25) is 0 Å². The minimum Gasteiger partial charge on any atom is -0.312 e. The highest BCUT2D eigenvalue weighted by atomic mass is 15.0. The van der Waals surface area contributed by atoms with Crippen LogP contribution < -0.4 is 10.6 Å². The first-order valence-electron chi connectivity index (χ1n) is 8.14. The molecule has 4 unspecified atom stereocenters. The van der Waals surface area contributed by atoms with Gasteiger partial charge in [0.2, 0.25) is 0 Å². The predicted molar refractivity (Wildman–Crippen MR) is 85.5 cm³/mol. The van der Waals surface area contributed by atoms with Crippen molar-refractivity contribution in [1.29, 1.82) is 0 Å². The molecule has 0 aliphatic heterocycles. The molecule has 1 aliphatic carbocycles. The Balaban J connectivity index is 2.83. The highest BCUT2D eigenvalue weighted by Crippen LogP contribution is 2.43. The van der Waals surface area contributed by atoms with Crippen LogP contribution in [0.25, 0.3) is 0 Å². The van der Waals surface area contributed by atoms with E-state index in [4.69, 9.17) is 0 Å². The molecule has 0 aromatic rings. The molecular weight excluding hydrogens is 232 g/mol. The summed E-state index contributed by atoms with van der Waals surface area (Å²) in [7, 11) is 0. The van der Waals surface area contributed by atoms with Crippen LogP contribution >= 0.6 is 0 Å². The van der Waals surface area contributed by atoms with Gasteiger partial charge in [-0.2, -0.15) is 0 Å². The molecule has 0 bridgehead atoms. The van der Waals surface area contributed by atoms with Crippen LogP contribution in [0, 0.1) is 17.3 Å². The van der Waals surface area contributed by atoms with E-state index in [1.165, 1.54) is 12.8 Å². The third-order valence-electron chi connectivity index (χ3n) is 4.49. The zero-order valence-corrected chi connectivity index (χ0v) is 14.4. The molecule has 1 fully saturated rings. The normalized spacial score (nSPS) is 32.8. The summed E-state index contributed by atoms with van der Waals surface area (Å²) in [6.45, 7) is 18.7. The van der Waals surface area contributed by atoms with Gasteiger partial charge in [-0.05, 0) is 37.0 Å². The number of hydrogen-bond donors (Lipinski definition) is 2. The molecule has 1 aliphatic rings. The fourth-order valence-corrected chi connectivity index (χ4v) is 4.30. The topological polar surface area (TPSA) is 24.1 Å². The van der Waals surface area contributed by atoms with Gasteiger partial charge < -0.3 is 10.6 Å². The Morgan fingerprint density at radius 2 is 1.53 bits per heavy atom. The molecule has 4 atom stereocenters. The molecular formula is C17H36N2. The molecule has 0 radical (unpaired) electrons. The maximum Gasteiger partial charge on any atom is 0.0120 e. The predicted octanol–water partition coefficient (Wildman–Crippen LogP) is 3.81. The molecule has 114 valence electrons. The fourth-order valence-electron chi connectivity index (χ4n) is 4.30. The van der Waals surface area contributed by atoms with Crippen LogP contribution in [0.1, 0.15) is 68.2 Å². The molecule has 0 aromatic heterocycles. The van der Waals surface area contributed by atoms with Crippen molar-refractivity contribution in [3.05, 3.63) is 0 Å². The number of hydrogen-bond acceptors (Lipinski definition) is 2. The summed E-state index contributed by atoms with van der Waals surface area (Å²) in [5.41, 5.74) is 0.472. The standard InChI is InChI=1S/C17H36N2/c1-11(2)18-14(6)16-13(5)9-17(7,8)10-15(16)19-12(3)4/h11-16,18-19H,9-10H2,1-8H3. The van der Waals surface area contributed by atoms with Crippen molar-refractivity contribution < 1.29 is 0 Å². The molecule has 1 rings (SSSR count). The van der Waals surface area contributed by atoms with Gasteiger partial charge >= 0.3 is 0 Å². The third-order valence-corrected chi connectivity index (χ3v) is 4.49. The van der Waals surface area contributed by atoms with E-state index in [9.17, 15) is 0 Å². The van der Waals surface area contributed by atoms with Crippen molar-refractivity contribution in [2.45, 2.75) is 92.4 Å². The van der Waals surface area contributed by atoms with Crippen LogP contribution in [0.4, 0.5) is 0 Å². The van der Waals surface area contributed by atoms with Gasteiger partial charge in [0, 0.05) is 24.2 Å². The average Bonchev–Trinajstić information content (AvgIpc) is 2.10. The summed E-state index contributed by atoms with van der Waals surface area (Å²) >= 11 is 0. The first kappa shape index (κ1) is 17.0. The van der Waals surface area contributed by atoms with E-state index in [1.807, 2.05) is 0 Å². The van der Waals surface area contributed by atoms with Crippen molar-refractivity contribution >= 4 is 0 Å². The second-order valence-corrected chi connectivity index (χ2v) is 8.16. The lowest BCUT2D eigenvalue weighted by Gasteiger charge is -2.48. The van der Waals surface area contributed by atoms with Crippen LogP contribution in [-0.4, -0.2) is 24.2 Å². The fraction of sp³-hybridized carbons (Fsp3) is 1.00. The minimum atomic E-state index is 0.472. The van der Waals surface area contributed by atoms with Crippen molar-refractivity contribution in [3.8, 4) is 0 Å². The number of nitrogens with one attached hydrogen (secondary N) is 2. The lowest BCUT2D eigenvalue weighted by Crippen LogP contribution is -2.56. The van der Waals surface area contributed by atoms with Crippen molar-refractivity contribution in [2.75, 3.05) is 0 Å². The van der Waals surface area contributed by atoms with Gasteiger partial charge in [-0.3, -0.25) is 0 Å². The molecule has 0 spiro atoms. The Morgan fingerprint density at radius 1 is 0.947 bits per heavy atom. The summed E-state index contributed by atoms with van der Waals surface area (Å²) in [5, 5.41) is 7.57. The molecule has 0 heterocycles. The maximum atomic E-state index is 3.83. The molecule has 0 amide bonds. The number of rotatable bonds is 5. The maximum absolute atomic E-state index is 3.83. The quantitative estimate of drug-likeness (QED) is 0.792. The highest BCUT2D eigenvalue weighted by molar-refractivity contribution is 4.97. The monoisotopic (exact) mass is 268 g/mol. The highest BCUT2D eigenvalue weighted by Gasteiger charge is 2.41. The first-order valence-corrected chi connectivity index (χ1v) is 8.14. The lowest BCUT2D eigenvalue weighted by atomic mass is 9.63. The lowest BCUT2D eigenvalue weighted by molar-refractivity contribution is 0.0608. The molecule has 2 N–H and O–H groups in total. The van der Waals surface area contributed by atoms with E-state index >= 15 is 0 Å². The van der Waals surface area contributed by atoms with E-state index in [1.54, 1.807) is 0 Å². The van der Waals surface area contributed by atoms with Gasteiger partial charge in [0.1, 0.15) is 0 Å². The van der Waals surface area contributed by atoms with E-state index in [-0.39, 0.29) is 0 Å². The minimum absolute atomic E-state index is 0.472. The first-order chi connectivity index (χ1) is 8.62. The van der Waals surface area contributed by atoms with Gasteiger partial charge in [-0.15, -0.1) is 0 Å². The summed E-state index contributed by atoms with van der Waals surface area (Å²) < 4.78 is 0. The SMILES string of the molecule is CC(C)NC(C)C1C(C)CC(C)(C)CC1NC(C)C. The van der Waals surface area contributed by atoms with Crippen molar-refractivity contribution in [1.82, 2.24) is 10.6 Å². The van der Waals surface area contributed by atoms with Crippen LogP contribution in [-0.2, 0) is 0 Å². The molecule has 0 aromatic carbocycles. The second-order valence-electron chi connectivity index (χ2n) is 8.16. The van der Waals surface area contributed by atoms with E-state index in [0.717, 1.165) is 11.8 Å². The molecule has 1 saturated carbocycles. The summed E-state index contributed by atoms with van der Waals surface area (Å²) in [6, 6.07) is 2.36. The smallest absolute Gasteiger partial charge is 0.0120 e. The molecule has 19 heavy (non-hydrogen) atoms. The molecule has 2 heteroatoms. The molecule has 0 saturated heterocycles. The Hall–Kier alpha value is -0.0800. The van der Waals surface area contributed by atoms with Crippen LogP contribution in [0.15, 0.2) is 0 Å². The third kappa shape index (κ3) is 5.07. The Kier molecular flexibility index (Phi) is 5.88. The van der Waals surface area contributed by atoms with Crippen LogP contribution in [0.3, 0.4) is 0 Å². The van der Waals surface area contributed by atoms with E-state index in [2.05, 4.69) is 66.0 Å². The van der Waals surface area contributed by atoms with Gasteiger partial charge in [0.05, 0.1) is 0 Å². The zero-order valence-electron chi connectivity index (χ0n) is 14.4. The Morgan fingerprint density at radius 3 is 2.00 bits per heavy atom. The Bertz CT molecular complexity index is 266. The van der Waals surface area contributed by atoms with Gasteiger partial charge in [-0.1, -0.05) is 48.5 Å². The van der Waals surface area contributed by atoms with Crippen molar-refractivity contribution in [3.63, 3.8) is 0 Å². The van der Waals surface area contributed by atoms with Gasteiger partial charge in [-0.25, -0.2) is 0 Å². The zero-order chi connectivity index (χ0) is 14.8. The Labute approximate surface area is 121 Å². The van der Waals surface area contributed by atoms with E-state index < -0.39 is 0 Å². The average molecular weight is 268 g/mol. The summed E-state index contributed by atoms with van der Waals surface area (Å²) in [5.74, 6) is 1.51.